The summed E-state index contributed by atoms with van der Waals surface area (Å²) >= 11 is 0. The average Bonchev–Trinajstić information content (AvgIpc) is 2.54. The molecule has 0 radical (unpaired) electrons. The van der Waals surface area contributed by atoms with Crippen molar-refractivity contribution in [2.24, 2.45) is 0 Å². The predicted octanol–water partition coefficient (Wildman–Crippen LogP) is 3.40. The van der Waals surface area contributed by atoms with Crippen LogP contribution < -0.4 is 15.4 Å². The third-order valence-electron chi connectivity index (χ3n) is 3.44. The second-order valence-corrected chi connectivity index (χ2v) is 5.67. The van der Waals surface area contributed by atoms with Crippen LogP contribution in [0.5, 0.6) is 5.75 Å². The van der Waals surface area contributed by atoms with Crippen molar-refractivity contribution < 1.29 is 9.53 Å². The number of amides is 1. The summed E-state index contributed by atoms with van der Waals surface area (Å²) in [6, 6.07) is 11.3. The zero-order chi connectivity index (χ0) is 16.8. The molecular weight excluding hydrogens is 290 g/mol. The van der Waals surface area contributed by atoms with Crippen LogP contribution in [0, 0.1) is 0 Å². The van der Waals surface area contributed by atoms with Crippen molar-refractivity contribution in [3.8, 4) is 5.75 Å². The molecule has 2 rings (SSSR count). The Kier molecular flexibility index (Phi) is 5.57. The summed E-state index contributed by atoms with van der Waals surface area (Å²) in [5, 5.41) is 6.20. The monoisotopic (exact) mass is 313 g/mol. The predicted molar refractivity (Wildman–Crippen MR) is 91.9 cm³/mol. The van der Waals surface area contributed by atoms with Gasteiger partial charge >= 0.3 is 0 Å². The summed E-state index contributed by atoms with van der Waals surface area (Å²) in [5.74, 6) is 1.24. The number of methoxy groups -OCH3 is 1. The van der Waals surface area contributed by atoms with Crippen molar-refractivity contribution in [1.29, 1.82) is 0 Å². The number of benzene rings is 1. The van der Waals surface area contributed by atoms with Crippen LogP contribution >= 0.6 is 0 Å². The molecule has 0 spiro atoms. The van der Waals surface area contributed by atoms with E-state index in [1.807, 2.05) is 45.0 Å². The molecule has 0 bridgehead atoms. The fourth-order valence-electron chi connectivity index (χ4n) is 2.23. The Hall–Kier alpha value is -2.56. The highest BCUT2D eigenvalue weighted by Gasteiger charge is 2.16. The highest BCUT2D eigenvalue weighted by Crippen LogP contribution is 2.19. The topological polar surface area (TPSA) is 63.2 Å². The maximum atomic E-state index is 12.5. The molecule has 0 aliphatic heterocycles. The molecule has 2 aromatic rings. The lowest BCUT2D eigenvalue weighted by molar-refractivity contribution is 0.0940. The highest BCUT2D eigenvalue weighted by molar-refractivity contribution is 5.98. The molecule has 1 atom stereocenters. The van der Waals surface area contributed by atoms with Crippen molar-refractivity contribution >= 4 is 11.7 Å². The molecule has 0 aliphatic carbocycles. The Bertz CT molecular complexity index is 654. The van der Waals surface area contributed by atoms with Gasteiger partial charge in [-0.25, -0.2) is 4.98 Å². The van der Waals surface area contributed by atoms with E-state index in [-0.39, 0.29) is 18.0 Å². The van der Waals surface area contributed by atoms with Gasteiger partial charge in [-0.1, -0.05) is 12.1 Å². The van der Waals surface area contributed by atoms with Crippen molar-refractivity contribution in [2.45, 2.75) is 32.9 Å². The Morgan fingerprint density at radius 2 is 1.83 bits per heavy atom. The highest BCUT2D eigenvalue weighted by atomic mass is 16.5. The Labute approximate surface area is 137 Å². The van der Waals surface area contributed by atoms with Crippen LogP contribution in [0.25, 0.3) is 0 Å². The number of anilines is 1. The smallest absolute Gasteiger partial charge is 0.255 e. The molecule has 5 heteroatoms. The minimum atomic E-state index is -0.149. The number of nitrogens with zero attached hydrogens (tertiary/aromatic N) is 1. The van der Waals surface area contributed by atoms with E-state index in [0.29, 0.717) is 11.4 Å². The van der Waals surface area contributed by atoms with E-state index in [1.54, 1.807) is 25.4 Å². The van der Waals surface area contributed by atoms with Gasteiger partial charge in [0.15, 0.2) is 0 Å². The number of carbonyl (C=O) groups excluding carboxylic acids is 1. The number of aromatic nitrogens is 1. The fraction of sp³-hybridized carbons (Fsp3) is 0.333. The summed E-state index contributed by atoms with van der Waals surface area (Å²) in [5.41, 5.74) is 1.56. The van der Waals surface area contributed by atoms with E-state index in [2.05, 4.69) is 15.6 Å². The van der Waals surface area contributed by atoms with Gasteiger partial charge in [0.1, 0.15) is 11.6 Å². The molecule has 5 nitrogen and oxygen atoms in total. The molecule has 1 aromatic carbocycles. The number of carbonyl (C=O) groups is 1. The number of pyridine rings is 1. The SMILES string of the molecule is COc1ccc(C(C)NC(=O)c2cccnc2NC(C)C)cc1. The van der Waals surface area contributed by atoms with Gasteiger partial charge in [-0.2, -0.15) is 0 Å². The van der Waals surface area contributed by atoms with E-state index in [9.17, 15) is 4.79 Å². The zero-order valence-electron chi connectivity index (χ0n) is 14.0. The van der Waals surface area contributed by atoms with Gasteiger partial charge in [0, 0.05) is 12.2 Å². The molecule has 0 saturated heterocycles. The third kappa shape index (κ3) is 4.45. The molecule has 1 heterocycles. The quantitative estimate of drug-likeness (QED) is 0.858. The average molecular weight is 313 g/mol. The summed E-state index contributed by atoms with van der Waals surface area (Å²) in [7, 11) is 1.63. The lowest BCUT2D eigenvalue weighted by Crippen LogP contribution is -2.28. The van der Waals surface area contributed by atoms with E-state index in [4.69, 9.17) is 4.74 Å². The summed E-state index contributed by atoms with van der Waals surface area (Å²) in [6.07, 6.45) is 1.67. The van der Waals surface area contributed by atoms with Crippen LogP contribution in [0.2, 0.25) is 0 Å². The largest absolute Gasteiger partial charge is 0.497 e. The Morgan fingerprint density at radius 3 is 2.43 bits per heavy atom. The molecule has 0 aliphatic rings. The van der Waals surface area contributed by atoms with Crippen LogP contribution in [-0.4, -0.2) is 24.0 Å². The number of rotatable bonds is 6. The van der Waals surface area contributed by atoms with Crippen LogP contribution in [0.1, 0.15) is 42.7 Å². The molecule has 0 fully saturated rings. The second kappa shape index (κ2) is 7.63. The molecular formula is C18H23N3O2. The third-order valence-corrected chi connectivity index (χ3v) is 3.44. The molecule has 122 valence electrons. The van der Waals surface area contributed by atoms with Gasteiger partial charge in [0.05, 0.1) is 18.7 Å². The van der Waals surface area contributed by atoms with Gasteiger partial charge in [0.25, 0.3) is 5.91 Å². The second-order valence-electron chi connectivity index (χ2n) is 5.67. The van der Waals surface area contributed by atoms with Gasteiger partial charge in [-0.15, -0.1) is 0 Å². The Morgan fingerprint density at radius 1 is 1.13 bits per heavy atom. The number of nitrogens with one attached hydrogen (secondary N) is 2. The number of hydrogen-bond donors (Lipinski definition) is 2. The lowest BCUT2D eigenvalue weighted by atomic mass is 10.1. The van der Waals surface area contributed by atoms with E-state index in [1.165, 1.54) is 0 Å². The number of ether oxygens (including phenoxy) is 1. The standard InChI is InChI=1S/C18H23N3O2/c1-12(2)20-17-16(6-5-11-19-17)18(22)21-13(3)14-7-9-15(23-4)10-8-14/h5-13H,1-4H3,(H,19,20)(H,21,22). The van der Waals surface area contributed by atoms with E-state index < -0.39 is 0 Å². The summed E-state index contributed by atoms with van der Waals surface area (Å²) in [6.45, 7) is 5.97. The van der Waals surface area contributed by atoms with Crippen molar-refractivity contribution in [3.63, 3.8) is 0 Å². The van der Waals surface area contributed by atoms with Crippen LogP contribution in [0.3, 0.4) is 0 Å². The first-order valence-electron chi connectivity index (χ1n) is 7.67. The number of hydrogen-bond acceptors (Lipinski definition) is 4. The minimum Gasteiger partial charge on any atom is -0.497 e. The molecule has 1 unspecified atom stereocenters. The molecule has 0 saturated carbocycles. The van der Waals surface area contributed by atoms with Crippen molar-refractivity contribution in [2.75, 3.05) is 12.4 Å². The molecule has 1 aromatic heterocycles. The van der Waals surface area contributed by atoms with Crippen LogP contribution in [0.15, 0.2) is 42.6 Å². The van der Waals surface area contributed by atoms with E-state index >= 15 is 0 Å². The minimum absolute atomic E-state index is 0.111. The first-order chi connectivity index (χ1) is 11.0. The van der Waals surface area contributed by atoms with Gasteiger partial charge in [-0.3, -0.25) is 4.79 Å². The first kappa shape index (κ1) is 16.8. The first-order valence-corrected chi connectivity index (χ1v) is 7.67. The molecule has 1 amide bonds. The van der Waals surface area contributed by atoms with Crippen molar-refractivity contribution in [1.82, 2.24) is 10.3 Å². The fourth-order valence-corrected chi connectivity index (χ4v) is 2.23. The van der Waals surface area contributed by atoms with E-state index in [0.717, 1.165) is 11.3 Å². The maximum Gasteiger partial charge on any atom is 0.255 e. The van der Waals surface area contributed by atoms with Gasteiger partial charge in [0.2, 0.25) is 0 Å². The van der Waals surface area contributed by atoms with Gasteiger partial charge in [-0.05, 0) is 50.6 Å². The summed E-state index contributed by atoms with van der Waals surface area (Å²) < 4.78 is 5.15. The molecule has 23 heavy (non-hydrogen) atoms. The van der Waals surface area contributed by atoms with Crippen LogP contribution in [-0.2, 0) is 0 Å². The Balaban J connectivity index is 2.11. The molecule has 2 N–H and O–H groups in total. The normalized spacial score (nSPS) is 11.9. The zero-order valence-corrected chi connectivity index (χ0v) is 14.0. The maximum absolute atomic E-state index is 12.5. The van der Waals surface area contributed by atoms with Gasteiger partial charge < -0.3 is 15.4 Å². The lowest BCUT2D eigenvalue weighted by Gasteiger charge is -2.17. The van der Waals surface area contributed by atoms with Crippen molar-refractivity contribution in [3.05, 3.63) is 53.7 Å². The summed E-state index contributed by atoms with van der Waals surface area (Å²) in [4.78, 5) is 16.8. The van der Waals surface area contributed by atoms with Crippen LogP contribution in [0.4, 0.5) is 5.82 Å².